The van der Waals surface area contributed by atoms with Crippen LogP contribution in [0.25, 0.3) is 0 Å². The van der Waals surface area contributed by atoms with E-state index in [2.05, 4.69) is 61.2 Å². The van der Waals surface area contributed by atoms with Gasteiger partial charge in [-0.1, -0.05) is 91.5 Å². The molecule has 2 nitrogen and oxygen atoms in total. The highest BCUT2D eigenvalue weighted by atomic mass is 32.2. The summed E-state index contributed by atoms with van der Waals surface area (Å²) in [5.74, 6) is 0.840. The summed E-state index contributed by atoms with van der Waals surface area (Å²) >= 11 is 1.81. The molecule has 0 N–H and O–H groups in total. The van der Waals surface area contributed by atoms with Crippen LogP contribution in [0.4, 0.5) is 0 Å². The van der Waals surface area contributed by atoms with Crippen molar-refractivity contribution >= 4 is 11.8 Å². The molecule has 2 atom stereocenters. The van der Waals surface area contributed by atoms with Gasteiger partial charge in [-0.15, -0.1) is 11.8 Å². The Labute approximate surface area is 189 Å². The van der Waals surface area contributed by atoms with E-state index >= 15 is 0 Å². The smallest absolute Gasteiger partial charge is 0.109 e. The van der Waals surface area contributed by atoms with Gasteiger partial charge in [0.15, 0.2) is 0 Å². The average Bonchev–Trinajstić information content (AvgIpc) is 3.24. The average molecular weight is 429 g/mol. The molecule has 1 aliphatic rings. The molecule has 0 spiro atoms. The Hall–Kier alpha value is -2.59. The van der Waals surface area contributed by atoms with Crippen LogP contribution in [0.5, 0.6) is 0 Å². The Balaban J connectivity index is 1.41. The molecule has 0 radical (unpaired) electrons. The molecule has 4 rings (SSSR count). The molecule has 0 amide bonds. The van der Waals surface area contributed by atoms with E-state index in [0.717, 1.165) is 17.7 Å². The third kappa shape index (κ3) is 6.20. The molecule has 0 heterocycles. The molecular formula is C28H28O2S. The van der Waals surface area contributed by atoms with Crippen molar-refractivity contribution in [3.05, 3.63) is 126 Å². The van der Waals surface area contributed by atoms with Crippen molar-refractivity contribution in [1.82, 2.24) is 0 Å². The van der Waals surface area contributed by atoms with Crippen molar-refractivity contribution in [3.63, 3.8) is 0 Å². The van der Waals surface area contributed by atoms with Crippen LogP contribution in [0.15, 0.2) is 120 Å². The van der Waals surface area contributed by atoms with Crippen molar-refractivity contribution < 1.29 is 9.47 Å². The van der Waals surface area contributed by atoms with Gasteiger partial charge in [0.25, 0.3) is 0 Å². The first-order chi connectivity index (χ1) is 15.3. The predicted octanol–water partition coefficient (Wildman–Crippen LogP) is 6.84. The highest BCUT2D eigenvalue weighted by Gasteiger charge is 2.32. The molecule has 0 saturated carbocycles. The minimum absolute atomic E-state index is 0.00241. The van der Waals surface area contributed by atoms with E-state index < -0.39 is 0 Å². The van der Waals surface area contributed by atoms with Gasteiger partial charge in [0.2, 0.25) is 0 Å². The number of hydrogen-bond acceptors (Lipinski definition) is 3. The summed E-state index contributed by atoms with van der Waals surface area (Å²) in [7, 11) is 0. The normalized spacial score (nSPS) is 18.0. The van der Waals surface area contributed by atoms with Crippen LogP contribution in [0.1, 0.15) is 17.5 Å². The third-order valence-electron chi connectivity index (χ3n) is 5.36. The molecule has 1 aliphatic carbocycles. The quantitative estimate of drug-likeness (QED) is 0.330. The fourth-order valence-electron chi connectivity index (χ4n) is 3.69. The zero-order valence-corrected chi connectivity index (χ0v) is 18.5. The molecule has 31 heavy (non-hydrogen) atoms. The Morgan fingerprint density at radius 2 is 1.32 bits per heavy atom. The van der Waals surface area contributed by atoms with Crippen molar-refractivity contribution in [2.24, 2.45) is 0 Å². The molecule has 0 fully saturated rings. The van der Waals surface area contributed by atoms with E-state index in [1.807, 2.05) is 42.5 Å². The van der Waals surface area contributed by atoms with Crippen LogP contribution < -0.4 is 0 Å². The highest BCUT2D eigenvalue weighted by molar-refractivity contribution is 7.99. The summed E-state index contributed by atoms with van der Waals surface area (Å²) in [5, 5.41) is 0. The lowest BCUT2D eigenvalue weighted by Crippen LogP contribution is -2.29. The molecular weight excluding hydrogens is 400 g/mol. The first-order valence-corrected chi connectivity index (χ1v) is 11.7. The number of benzene rings is 3. The Morgan fingerprint density at radius 1 is 0.774 bits per heavy atom. The lowest BCUT2D eigenvalue weighted by Gasteiger charge is -2.25. The topological polar surface area (TPSA) is 18.5 Å². The maximum absolute atomic E-state index is 6.41. The standard InChI is InChI=1S/C28H28O2S/c1-22(21-31-25-15-9-4-10-16-25)26-17-18-27(29-19-23-11-5-2-6-12-23)28(26)30-20-24-13-7-3-8-14-24/h2-17,27-28H,1,18-21H2. The molecule has 3 aromatic carbocycles. The molecule has 158 valence electrons. The van der Waals surface area contributed by atoms with Gasteiger partial charge in [0, 0.05) is 10.6 Å². The first kappa shape index (κ1) is 21.6. The Morgan fingerprint density at radius 3 is 1.94 bits per heavy atom. The van der Waals surface area contributed by atoms with Crippen molar-refractivity contribution in [2.45, 2.75) is 36.7 Å². The van der Waals surface area contributed by atoms with Crippen molar-refractivity contribution in [1.29, 1.82) is 0 Å². The fraction of sp³-hybridized carbons (Fsp3) is 0.214. The lowest BCUT2D eigenvalue weighted by atomic mass is 10.1. The van der Waals surface area contributed by atoms with Gasteiger partial charge in [-0.2, -0.15) is 0 Å². The van der Waals surface area contributed by atoms with Crippen LogP contribution in [-0.2, 0) is 22.7 Å². The van der Waals surface area contributed by atoms with E-state index in [0.29, 0.717) is 13.2 Å². The van der Waals surface area contributed by atoms with Crippen molar-refractivity contribution in [2.75, 3.05) is 5.75 Å². The van der Waals surface area contributed by atoms with E-state index in [9.17, 15) is 0 Å². The number of hydrogen-bond donors (Lipinski definition) is 0. The largest absolute Gasteiger partial charge is 0.370 e. The number of ether oxygens (including phenoxy) is 2. The summed E-state index contributed by atoms with van der Waals surface area (Å²) in [6, 6.07) is 31.1. The van der Waals surface area contributed by atoms with Gasteiger partial charge in [-0.05, 0) is 40.8 Å². The van der Waals surface area contributed by atoms with E-state index in [4.69, 9.17) is 9.47 Å². The van der Waals surface area contributed by atoms with Crippen molar-refractivity contribution in [3.8, 4) is 0 Å². The van der Waals surface area contributed by atoms with Crippen LogP contribution in [0, 0.1) is 0 Å². The fourth-order valence-corrected chi connectivity index (χ4v) is 4.55. The maximum atomic E-state index is 6.41. The van der Waals surface area contributed by atoms with Gasteiger partial charge in [0.05, 0.1) is 19.3 Å². The van der Waals surface area contributed by atoms with Gasteiger partial charge in [0.1, 0.15) is 6.10 Å². The summed E-state index contributed by atoms with van der Waals surface area (Å²) in [4.78, 5) is 1.25. The summed E-state index contributed by atoms with van der Waals surface area (Å²) in [6.45, 7) is 5.53. The molecule has 3 heteroatoms. The van der Waals surface area contributed by atoms with Crippen LogP contribution in [0.3, 0.4) is 0 Å². The zero-order valence-electron chi connectivity index (χ0n) is 17.7. The van der Waals surface area contributed by atoms with E-state index in [-0.39, 0.29) is 12.2 Å². The van der Waals surface area contributed by atoms with Gasteiger partial charge in [-0.3, -0.25) is 0 Å². The van der Waals surface area contributed by atoms with Gasteiger partial charge < -0.3 is 9.47 Å². The van der Waals surface area contributed by atoms with Crippen LogP contribution >= 0.6 is 11.8 Å². The molecule has 0 aromatic heterocycles. The lowest BCUT2D eigenvalue weighted by molar-refractivity contribution is -0.0592. The zero-order chi connectivity index (χ0) is 21.3. The first-order valence-electron chi connectivity index (χ1n) is 10.7. The highest BCUT2D eigenvalue weighted by Crippen LogP contribution is 2.33. The third-order valence-corrected chi connectivity index (χ3v) is 6.46. The molecule has 0 bridgehead atoms. The second kappa shape index (κ2) is 11.1. The monoisotopic (exact) mass is 428 g/mol. The van der Waals surface area contributed by atoms with Gasteiger partial charge in [-0.25, -0.2) is 0 Å². The second-order valence-corrected chi connectivity index (χ2v) is 8.70. The summed E-state index contributed by atoms with van der Waals surface area (Å²) < 4.78 is 12.7. The Kier molecular flexibility index (Phi) is 7.78. The van der Waals surface area contributed by atoms with E-state index in [1.165, 1.54) is 21.6 Å². The molecule has 3 aromatic rings. The van der Waals surface area contributed by atoms with Crippen LogP contribution in [-0.4, -0.2) is 18.0 Å². The maximum Gasteiger partial charge on any atom is 0.109 e. The summed E-state index contributed by atoms with van der Waals surface area (Å²) in [6.07, 6.45) is 2.99. The molecule has 2 unspecified atom stereocenters. The number of thioether (sulfide) groups is 1. The predicted molar refractivity (Wildman–Crippen MR) is 129 cm³/mol. The minimum atomic E-state index is -0.104. The molecule has 0 saturated heterocycles. The van der Waals surface area contributed by atoms with E-state index in [1.54, 1.807) is 11.8 Å². The molecule has 0 aliphatic heterocycles. The Bertz CT molecular complexity index is 983. The van der Waals surface area contributed by atoms with Crippen LogP contribution in [0.2, 0.25) is 0 Å². The SMILES string of the molecule is C=C(CSc1ccccc1)C1=CCC(OCc2ccccc2)C1OCc1ccccc1. The summed E-state index contributed by atoms with van der Waals surface area (Å²) in [5.41, 5.74) is 4.63. The minimum Gasteiger partial charge on any atom is -0.370 e. The number of rotatable bonds is 10. The van der Waals surface area contributed by atoms with Gasteiger partial charge >= 0.3 is 0 Å². The second-order valence-electron chi connectivity index (χ2n) is 7.65.